The van der Waals surface area contributed by atoms with Crippen LogP contribution in [0.2, 0.25) is 0 Å². The Hall–Kier alpha value is -2.23. The third-order valence-corrected chi connectivity index (χ3v) is 9.38. The molecule has 2 amide bonds. The zero-order chi connectivity index (χ0) is 24.3. The predicted octanol–water partition coefficient (Wildman–Crippen LogP) is 3.51. The molecule has 2 aliphatic heterocycles. The fraction of sp³-hybridized carbons (Fsp3) is 0.440. The summed E-state index contributed by atoms with van der Waals surface area (Å²) in [6.07, 6.45) is 3.09. The van der Waals surface area contributed by atoms with E-state index in [1.807, 2.05) is 36.4 Å². The lowest BCUT2D eigenvalue weighted by Crippen LogP contribution is -2.45. The summed E-state index contributed by atoms with van der Waals surface area (Å²) < 4.78 is 29.1. The minimum atomic E-state index is -3.83. The number of sulfonamides is 1. The molecule has 1 N–H and O–H groups in total. The largest absolute Gasteiger partial charge is 0.355 e. The molecule has 1 saturated heterocycles. The zero-order valence-electron chi connectivity index (χ0n) is 19.3. The first-order chi connectivity index (χ1) is 16.3. The number of amides is 2. The lowest BCUT2D eigenvalue weighted by Gasteiger charge is -2.31. The molecule has 0 spiro atoms. The SMILES string of the molecule is CCC(=O)N1CCc2cc(Br)c(S(=O)(=O)N3CCC[C@H](C(=O)NCCc4ccccc4)C3)cc21. The smallest absolute Gasteiger partial charge is 0.244 e. The second kappa shape index (κ2) is 10.6. The van der Waals surface area contributed by atoms with Crippen LogP contribution in [0, 0.1) is 5.92 Å². The van der Waals surface area contributed by atoms with Crippen molar-refractivity contribution in [1.82, 2.24) is 9.62 Å². The van der Waals surface area contributed by atoms with Gasteiger partial charge in [-0.2, -0.15) is 4.31 Å². The maximum atomic E-state index is 13.6. The van der Waals surface area contributed by atoms with Gasteiger partial charge in [0.25, 0.3) is 0 Å². The van der Waals surface area contributed by atoms with Gasteiger partial charge in [0.15, 0.2) is 0 Å². The Balaban J connectivity index is 1.46. The second-order valence-corrected chi connectivity index (χ2v) is 11.5. The first kappa shape index (κ1) is 24.9. The van der Waals surface area contributed by atoms with Crippen LogP contribution >= 0.6 is 15.9 Å². The molecule has 0 bridgehead atoms. The molecule has 34 heavy (non-hydrogen) atoms. The van der Waals surface area contributed by atoms with Gasteiger partial charge in [0.05, 0.1) is 10.8 Å². The Morgan fingerprint density at radius 2 is 1.91 bits per heavy atom. The maximum absolute atomic E-state index is 13.6. The Kier molecular flexibility index (Phi) is 7.74. The van der Waals surface area contributed by atoms with Crippen molar-refractivity contribution in [2.24, 2.45) is 5.92 Å². The van der Waals surface area contributed by atoms with E-state index in [1.165, 1.54) is 4.31 Å². The molecule has 7 nitrogen and oxygen atoms in total. The number of piperidine rings is 1. The Bertz CT molecular complexity index is 1170. The topological polar surface area (TPSA) is 86.8 Å². The minimum Gasteiger partial charge on any atom is -0.355 e. The van der Waals surface area contributed by atoms with Crippen LogP contribution in [0.15, 0.2) is 51.8 Å². The quantitative estimate of drug-likeness (QED) is 0.574. The van der Waals surface area contributed by atoms with E-state index in [-0.39, 0.29) is 29.2 Å². The van der Waals surface area contributed by atoms with Crippen molar-refractivity contribution < 1.29 is 18.0 Å². The molecule has 0 saturated carbocycles. The van der Waals surface area contributed by atoms with Crippen molar-refractivity contribution in [3.05, 3.63) is 58.1 Å². The van der Waals surface area contributed by atoms with Crippen molar-refractivity contribution in [3.63, 3.8) is 0 Å². The Labute approximate surface area is 209 Å². The maximum Gasteiger partial charge on any atom is 0.244 e. The third kappa shape index (κ3) is 5.21. The lowest BCUT2D eigenvalue weighted by molar-refractivity contribution is -0.126. The van der Waals surface area contributed by atoms with Crippen LogP contribution in [0.25, 0.3) is 0 Å². The van der Waals surface area contributed by atoms with E-state index >= 15 is 0 Å². The highest BCUT2D eigenvalue weighted by molar-refractivity contribution is 9.10. The highest BCUT2D eigenvalue weighted by Crippen LogP contribution is 2.37. The van der Waals surface area contributed by atoms with Gasteiger partial charge >= 0.3 is 0 Å². The average molecular weight is 549 g/mol. The number of anilines is 1. The summed E-state index contributed by atoms with van der Waals surface area (Å²) in [6, 6.07) is 13.3. The van der Waals surface area contributed by atoms with Gasteiger partial charge in [-0.3, -0.25) is 9.59 Å². The van der Waals surface area contributed by atoms with Gasteiger partial charge in [0, 0.05) is 42.8 Å². The van der Waals surface area contributed by atoms with Crippen LogP contribution in [0.4, 0.5) is 5.69 Å². The highest BCUT2D eigenvalue weighted by atomic mass is 79.9. The third-order valence-electron chi connectivity index (χ3n) is 6.56. The molecule has 2 aliphatic rings. The van der Waals surface area contributed by atoms with E-state index in [2.05, 4.69) is 21.2 Å². The van der Waals surface area contributed by atoms with Gasteiger partial charge in [-0.05, 0) is 64.9 Å². The van der Waals surface area contributed by atoms with Crippen LogP contribution in [0.3, 0.4) is 0 Å². The van der Waals surface area contributed by atoms with Gasteiger partial charge < -0.3 is 10.2 Å². The number of nitrogens with zero attached hydrogens (tertiary/aromatic N) is 2. The van der Waals surface area contributed by atoms with Crippen molar-refractivity contribution in [2.75, 3.05) is 31.1 Å². The summed E-state index contributed by atoms with van der Waals surface area (Å²) in [5.74, 6) is -0.510. The van der Waals surface area contributed by atoms with E-state index < -0.39 is 10.0 Å². The lowest BCUT2D eigenvalue weighted by atomic mass is 9.99. The number of benzene rings is 2. The number of carbonyl (C=O) groups is 2. The highest BCUT2D eigenvalue weighted by Gasteiger charge is 2.36. The van der Waals surface area contributed by atoms with E-state index in [9.17, 15) is 18.0 Å². The molecule has 182 valence electrons. The summed E-state index contributed by atoms with van der Waals surface area (Å²) in [5.41, 5.74) is 2.77. The second-order valence-electron chi connectivity index (χ2n) is 8.79. The van der Waals surface area contributed by atoms with Crippen LogP contribution in [0.1, 0.15) is 37.3 Å². The molecule has 1 atom stereocenters. The van der Waals surface area contributed by atoms with Gasteiger partial charge in [0.2, 0.25) is 21.8 Å². The summed E-state index contributed by atoms with van der Waals surface area (Å²) in [6.45, 7) is 3.41. The number of nitrogens with one attached hydrogen (secondary N) is 1. The van der Waals surface area contributed by atoms with E-state index in [0.717, 1.165) is 17.5 Å². The summed E-state index contributed by atoms with van der Waals surface area (Å²) >= 11 is 3.44. The predicted molar refractivity (Wildman–Crippen MR) is 135 cm³/mol. The molecule has 0 aromatic heterocycles. The molecule has 0 aliphatic carbocycles. The molecule has 1 fully saturated rings. The first-order valence-corrected chi connectivity index (χ1v) is 14.0. The molecule has 2 aromatic carbocycles. The minimum absolute atomic E-state index is 0.0189. The van der Waals surface area contributed by atoms with Gasteiger partial charge in [-0.25, -0.2) is 8.42 Å². The molecule has 0 radical (unpaired) electrons. The number of fused-ring (bicyclic) bond motifs is 1. The molecule has 4 rings (SSSR count). The molecular weight excluding hydrogens is 518 g/mol. The number of rotatable bonds is 7. The number of hydrogen-bond acceptors (Lipinski definition) is 4. The van der Waals surface area contributed by atoms with Crippen LogP contribution in [-0.2, 0) is 32.5 Å². The summed E-state index contributed by atoms with van der Waals surface area (Å²) in [4.78, 5) is 26.9. The number of hydrogen-bond donors (Lipinski definition) is 1. The van der Waals surface area contributed by atoms with Crippen LogP contribution in [-0.4, -0.2) is 50.7 Å². The van der Waals surface area contributed by atoms with Crippen molar-refractivity contribution in [2.45, 2.75) is 43.9 Å². The van der Waals surface area contributed by atoms with Crippen LogP contribution in [0.5, 0.6) is 0 Å². The molecule has 0 unspecified atom stereocenters. The standard InChI is InChI=1S/C25H30BrN3O4S/c1-2-24(30)29-14-11-19-15-21(26)23(16-22(19)29)34(32,33)28-13-6-9-20(17-28)25(31)27-12-10-18-7-4-3-5-8-18/h3-5,7-8,15-16,20H,2,6,9-14,17H2,1H3,(H,27,31)/t20-/m0/s1. The van der Waals surface area contributed by atoms with Crippen LogP contribution < -0.4 is 10.2 Å². The van der Waals surface area contributed by atoms with Gasteiger partial charge in [-0.15, -0.1) is 0 Å². The summed E-state index contributed by atoms with van der Waals surface area (Å²) in [5, 5.41) is 2.97. The zero-order valence-corrected chi connectivity index (χ0v) is 21.7. The van der Waals surface area contributed by atoms with E-state index in [1.54, 1.807) is 17.9 Å². The molecule has 9 heteroatoms. The van der Waals surface area contributed by atoms with Crippen molar-refractivity contribution in [1.29, 1.82) is 0 Å². The first-order valence-electron chi connectivity index (χ1n) is 11.8. The molecule has 2 aromatic rings. The Morgan fingerprint density at radius 3 is 2.65 bits per heavy atom. The number of halogens is 1. The molecular formula is C25H30BrN3O4S. The van der Waals surface area contributed by atoms with E-state index in [4.69, 9.17) is 0 Å². The van der Waals surface area contributed by atoms with Gasteiger partial charge in [0.1, 0.15) is 0 Å². The number of carbonyl (C=O) groups excluding carboxylic acids is 2. The molecule has 2 heterocycles. The average Bonchev–Trinajstić information content (AvgIpc) is 3.26. The normalized spacial score (nSPS) is 18.5. The fourth-order valence-corrected chi connectivity index (χ4v) is 7.26. The monoisotopic (exact) mass is 547 g/mol. The van der Waals surface area contributed by atoms with Crippen molar-refractivity contribution >= 4 is 43.5 Å². The van der Waals surface area contributed by atoms with Crippen molar-refractivity contribution in [3.8, 4) is 0 Å². The fourth-order valence-electron chi connectivity index (χ4n) is 4.67. The van der Waals surface area contributed by atoms with Gasteiger partial charge in [-0.1, -0.05) is 37.3 Å². The van der Waals surface area contributed by atoms with E-state index in [0.29, 0.717) is 55.5 Å². The Morgan fingerprint density at radius 1 is 1.15 bits per heavy atom. The summed E-state index contributed by atoms with van der Waals surface area (Å²) in [7, 11) is -3.83.